The molecule has 3 aromatic rings. The number of benzene rings is 3. The summed E-state index contributed by atoms with van der Waals surface area (Å²) < 4.78 is 32.4. The summed E-state index contributed by atoms with van der Waals surface area (Å²) in [7, 11) is -2.10. The van der Waals surface area contributed by atoms with Crippen LogP contribution in [0.4, 0.5) is 11.4 Å². The van der Waals surface area contributed by atoms with Gasteiger partial charge in [0.1, 0.15) is 5.75 Å². The molecule has 36 heavy (non-hydrogen) atoms. The minimum atomic E-state index is -3.52. The van der Waals surface area contributed by atoms with E-state index in [0.29, 0.717) is 44.0 Å². The SMILES string of the molecule is COc1ccc([N+](=O)[O-])cc1NC(=O)c1cccc(CN2CCN(S(=O)(=O)c3ccccc3)CC2)c1. The van der Waals surface area contributed by atoms with Crippen LogP contribution in [-0.2, 0) is 16.6 Å². The molecule has 1 heterocycles. The predicted octanol–water partition coefficient (Wildman–Crippen LogP) is 3.36. The van der Waals surface area contributed by atoms with Gasteiger partial charge in [-0.1, -0.05) is 30.3 Å². The van der Waals surface area contributed by atoms with E-state index >= 15 is 0 Å². The fraction of sp³-hybridized carbons (Fsp3) is 0.240. The first kappa shape index (κ1) is 25.3. The lowest BCUT2D eigenvalue weighted by atomic mass is 10.1. The molecule has 0 atom stereocenters. The number of amides is 1. The smallest absolute Gasteiger partial charge is 0.271 e. The van der Waals surface area contributed by atoms with Gasteiger partial charge in [0.15, 0.2) is 0 Å². The van der Waals surface area contributed by atoms with Gasteiger partial charge >= 0.3 is 0 Å². The Morgan fingerprint density at radius 1 is 1.00 bits per heavy atom. The monoisotopic (exact) mass is 510 g/mol. The first-order valence-electron chi connectivity index (χ1n) is 11.3. The molecule has 0 bridgehead atoms. The Morgan fingerprint density at radius 3 is 2.39 bits per heavy atom. The summed E-state index contributed by atoms with van der Waals surface area (Å²) in [6.07, 6.45) is 0. The van der Waals surface area contributed by atoms with Crippen LogP contribution < -0.4 is 10.1 Å². The number of piperazine rings is 1. The average molecular weight is 511 g/mol. The van der Waals surface area contributed by atoms with Crippen molar-refractivity contribution in [3.8, 4) is 5.75 Å². The van der Waals surface area contributed by atoms with Crippen molar-refractivity contribution in [2.24, 2.45) is 0 Å². The van der Waals surface area contributed by atoms with E-state index in [4.69, 9.17) is 4.74 Å². The summed E-state index contributed by atoms with van der Waals surface area (Å²) in [5, 5.41) is 13.8. The molecule has 1 aliphatic heterocycles. The number of sulfonamides is 1. The number of carbonyl (C=O) groups excluding carboxylic acids is 1. The maximum atomic E-state index is 12.9. The molecule has 1 saturated heterocycles. The number of methoxy groups -OCH3 is 1. The van der Waals surface area contributed by atoms with E-state index in [1.165, 1.54) is 29.6 Å². The van der Waals surface area contributed by atoms with E-state index in [2.05, 4.69) is 10.2 Å². The van der Waals surface area contributed by atoms with Crippen LogP contribution in [0, 0.1) is 10.1 Å². The standard InChI is InChI=1S/C25H26N4O6S/c1-35-24-11-10-21(29(31)32)17-23(24)26-25(30)20-7-5-6-19(16-20)18-27-12-14-28(15-13-27)36(33,34)22-8-3-2-4-9-22/h2-11,16-17H,12-15,18H2,1H3,(H,26,30). The van der Waals surface area contributed by atoms with Gasteiger partial charge in [-0.2, -0.15) is 4.31 Å². The van der Waals surface area contributed by atoms with E-state index in [-0.39, 0.29) is 16.3 Å². The van der Waals surface area contributed by atoms with Gasteiger partial charge in [0.2, 0.25) is 10.0 Å². The lowest BCUT2D eigenvalue weighted by Gasteiger charge is -2.34. The van der Waals surface area contributed by atoms with Crippen LogP contribution >= 0.6 is 0 Å². The highest BCUT2D eigenvalue weighted by molar-refractivity contribution is 7.89. The van der Waals surface area contributed by atoms with Gasteiger partial charge in [-0.15, -0.1) is 0 Å². The fourth-order valence-electron chi connectivity index (χ4n) is 4.04. The molecule has 0 spiro atoms. The molecule has 11 heteroatoms. The number of nitro benzene ring substituents is 1. The van der Waals surface area contributed by atoms with E-state index in [1.54, 1.807) is 48.5 Å². The molecule has 10 nitrogen and oxygen atoms in total. The van der Waals surface area contributed by atoms with E-state index < -0.39 is 20.9 Å². The molecule has 1 amide bonds. The zero-order chi connectivity index (χ0) is 25.7. The number of nitrogens with one attached hydrogen (secondary N) is 1. The highest BCUT2D eigenvalue weighted by Crippen LogP contribution is 2.29. The third-order valence-electron chi connectivity index (χ3n) is 5.95. The first-order valence-corrected chi connectivity index (χ1v) is 12.7. The Bertz CT molecular complexity index is 1360. The maximum Gasteiger partial charge on any atom is 0.271 e. The van der Waals surface area contributed by atoms with Crippen molar-refractivity contribution in [1.82, 2.24) is 9.21 Å². The summed E-state index contributed by atoms with van der Waals surface area (Å²) in [6.45, 7) is 2.44. The molecule has 0 aliphatic carbocycles. The molecule has 0 unspecified atom stereocenters. The second-order valence-electron chi connectivity index (χ2n) is 8.29. The van der Waals surface area contributed by atoms with Crippen molar-refractivity contribution in [3.05, 3.63) is 94.0 Å². The number of nitro groups is 1. The lowest BCUT2D eigenvalue weighted by Crippen LogP contribution is -2.48. The molecule has 1 fully saturated rings. The largest absolute Gasteiger partial charge is 0.495 e. The number of hydrogen-bond donors (Lipinski definition) is 1. The molecule has 0 aromatic heterocycles. The minimum Gasteiger partial charge on any atom is -0.495 e. The zero-order valence-electron chi connectivity index (χ0n) is 19.7. The van der Waals surface area contributed by atoms with Crippen LogP contribution in [0.5, 0.6) is 5.75 Å². The van der Waals surface area contributed by atoms with Crippen molar-refractivity contribution < 1.29 is 22.9 Å². The topological polar surface area (TPSA) is 122 Å². The van der Waals surface area contributed by atoms with Gasteiger partial charge in [-0.25, -0.2) is 8.42 Å². The number of ether oxygens (including phenoxy) is 1. The number of nitrogens with zero attached hydrogens (tertiary/aromatic N) is 3. The van der Waals surface area contributed by atoms with E-state index in [9.17, 15) is 23.3 Å². The summed E-state index contributed by atoms with van der Waals surface area (Å²) in [5.74, 6) is -0.108. The van der Waals surface area contributed by atoms with Crippen LogP contribution in [0.1, 0.15) is 15.9 Å². The van der Waals surface area contributed by atoms with Gasteiger partial charge < -0.3 is 10.1 Å². The average Bonchev–Trinajstić information content (AvgIpc) is 2.89. The lowest BCUT2D eigenvalue weighted by molar-refractivity contribution is -0.384. The van der Waals surface area contributed by atoms with Crippen molar-refractivity contribution in [1.29, 1.82) is 0 Å². The highest BCUT2D eigenvalue weighted by Gasteiger charge is 2.28. The van der Waals surface area contributed by atoms with Crippen LogP contribution in [0.2, 0.25) is 0 Å². The number of carbonyl (C=O) groups is 1. The van der Waals surface area contributed by atoms with E-state index in [0.717, 1.165) is 5.56 Å². The Hall–Kier alpha value is -3.80. The molecule has 1 aliphatic rings. The maximum absolute atomic E-state index is 12.9. The normalized spacial score (nSPS) is 14.8. The third kappa shape index (κ3) is 5.70. The Morgan fingerprint density at radius 2 is 1.72 bits per heavy atom. The summed E-state index contributed by atoms with van der Waals surface area (Å²) in [5.41, 5.74) is 1.34. The van der Waals surface area contributed by atoms with Crippen molar-refractivity contribution >= 4 is 27.3 Å². The molecule has 188 valence electrons. The van der Waals surface area contributed by atoms with Gasteiger partial charge in [0.25, 0.3) is 11.6 Å². The molecule has 4 rings (SSSR count). The Balaban J connectivity index is 1.40. The summed E-state index contributed by atoms with van der Waals surface area (Å²) in [6, 6.07) is 19.5. The van der Waals surface area contributed by atoms with Crippen LogP contribution in [0.3, 0.4) is 0 Å². The van der Waals surface area contributed by atoms with Crippen LogP contribution in [0.15, 0.2) is 77.7 Å². The fourth-order valence-corrected chi connectivity index (χ4v) is 5.48. The molecular formula is C25H26N4O6S. The van der Waals surface area contributed by atoms with Crippen LogP contribution in [-0.4, -0.2) is 61.7 Å². The number of anilines is 1. The second-order valence-corrected chi connectivity index (χ2v) is 10.2. The van der Waals surface area contributed by atoms with Gasteiger partial charge in [0, 0.05) is 50.4 Å². The Labute approximate surface area is 209 Å². The zero-order valence-corrected chi connectivity index (χ0v) is 20.5. The highest BCUT2D eigenvalue weighted by atomic mass is 32.2. The number of hydrogen-bond acceptors (Lipinski definition) is 7. The van der Waals surface area contributed by atoms with Crippen molar-refractivity contribution in [3.63, 3.8) is 0 Å². The molecular weight excluding hydrogens is 484 g/mol. The Kier molecular flexibility index (Phi) is 7.63. The van der Waals surface area contributed by atoms with Crippen LogP contribution in [0.25, 0.3) is 0 Å². The number of non-ortho nitro benzene ring substituents is 1. The van der Waals surface area contributed by atoms with Crippen molar-refractivity contribution in [2.45, 2.75) is 11.4 Å². The molecule has 0 saturated carbocycles. The van der Waals surface area contributed by atoms with Gasteiger partial charge in [0.05, 0.1) is 22.6 Å². The number of rotatable bonds is 8. The minimum absolute atomic E-state index is 0.159. The summed E-state index contributed by atoms with van der Waals surface area (Å²) in [4.78, 5) is 25.9. The molecule has 1 N–H and O–H groups in total. The van der Waals surface area contributed by atoms with Crippen molar-refractivity contribution in [2.75, 3.05) is 38.6 Å². The molecule has 0 radical (unpaired) electrons. The van der Waals surface area contributed by atoms with Gasteiger partial charge in [-0.05, 0) is 35.9 Å². The first-order chi connectivity index (χ1) is 17.3. The van der Waals surface area contributed by atoms with E-state index in [1.807, 2.05) is 6.07 Å². The predicted molar refractivity (Wildman–Crippen MR) is 135 cm³/mol. The van der Waals surface area contributed by atoms with Gasteiger partial charge in [-0.3, -0.25) is 19.8 Å². The summed E-state index contributed by atoms with van der Waals surface area (Å²) >= 11 is 0. The quantitative estimate of drug-likeness (QED) is 0.364. The third-order valence-corrected chi connectivity index (χ3v) is 7.86. The second kappa shape index (κ2) is 10.9. The molecule has 3 aromatic carbocycles.